The maximum absolute atomic E-state index is 10.9. The van der Waals surface area contributed by atoms with E-state index in [2.05, 4.69) is 10.3 Å². The number of aliphatic hydroxyl groups is 1. The number of hydrogen-bond acceptors (Lipinski definition) is 4. The summed E-state index contributed by atoms with van der Waals surface area (Å²) in [5.74, 6) is 0.690. The zero-order valence-electron chi connectivity index (χ0n) is 6.78. The minimum atomic E-state index is -0.227. The number of rotatable bonds is 1. The minimum Gasteiger partial charge on any atom is -0.480 e. The molecule has 1 aliphatic heterocycles. The number of nitrogens with one attached hydrogen (secondary N) is 1. The molecule has 0 fully saturated rings. The third-order valence-corrected chi connectivity index (χ3v) is 1.69. The van der Waals surface area contributed by atoms with Crippen LogP contribution in [0.25, 0.3) is 0 Å². The normalized spacial score (nSPS) is 14.4. The van der Waals surface area contributed by atoms with Crippen LogP contribution in [0.3, 0.4) is 0 Å². The van der Waals surface area contributed by atoms with E-state index in [0.29, 0.717) is 17.3 Å². The number of pyridine rings is 1. The van der Waals surface area contributed by atoms with Crippen molar-refractivity contribution in [3.05, 3.63) is 17.8 Å². The van der Waals surface area contributed by atoms with Crippen molar-refractivity contribution in [2.75, 3.05) is 11.9 Å². The van der Waals surface area contributed by atoms with Gasteiger partial charge >= 0.3 is 0 Å². The van der Waals surface area contributed by atoms with Crippen LogP contribution in [-0.4, -0.2) is 22.6 Å². The molecule has 1 amide bonds. The van der Waals surface area contributed by atoms with Crippen molar-refractivity contribution in [3.8, 4) is 5.75 Å². The topological polar surface area (TPSA) is 71.5 Å². The number of fused-ring (bicyclic) bond motifs is 1. The van der Waals surface area contributed by atoms with Gasteiger partial charge in [-0.05, 0) is 12.1 Å². The first-order valence-electron chi connectivity index (χ1n) is 3.83. The minimum absolute atomic E-state index is 0.0210. The second-order valence-corrected chi connectivity index (χ2v) is 2.64. The predicted molar refractivity (Wildman–Crippen MR) is 44.3 cm³/mol. The van der Waals surface area contributed by atoms with Gasteiger partial charge in [0.25, 0.3) is 5.91 Å². The van der Waals surface area contributed by atoms with Gasteiger partial charge in [0.2, 0.25) is 0 Å². The second kappa shape index (κ2) is 3.02. The molecule has 2 heterocycles. The first kappa shape index (κ1) is 8.00. The van der Waals surface area contributed by atoms with E-state index in [1.54, 1.807) is 12.1 Å². The number of amides is 1. The van der Waals surface area contributed by atoms with Gasteiger partial charge in [0.1, 0.15) is 0 Å². The third kappa shape index (κ3) is 1.46. The lowest BCUT2D eigenvalue weighted by molar-refractivity contribution is -0.118. The first-order valence-corrected chi connectivity index (χ1v) is 3.83. The summed E-state index contributed by atoms with van der Waals surface area (Å²) in [6.07, 6.45) is 0. The van der Waals surface area contributed by atoms with Gasteiger partial charge in [-0.3, -0.25) is 4.79 Å². The van der Waals surface area contributed by atoms with E-state index in [1.807, 2.05) is 0 Å². The standard InChI is InChI=1S/C8H8N2O3/c11-3-5-1-2-6-8(9-5)10-7(12)4-13-6/h1-2,11H,3-4H2,(H,9,10,12). The van der Waals surface area contributed by atoms with E-state index in [1.165, 1.54) is 0 Å². The van der Waals surface area contributed by atoms with Crippen LogP contribution in [0, 0.1) is 0 Å². The van der Waals surface area contributed by atoms with Crippen LogP contribution in [0.5, 0.6) is 5.75 Å². The number of ether oxygens (including phenoxy) is 1. The summed E-state index contributed by atoms with van der Waals surface area (Å²) < 4.78 is 5.08. The Hall–Kier alpha value is -1.62. The first-order chi connectivity index (χ1) is 6.29. The molecular weight excluding hydrogens is 172 g/mol. The summed E-state index contributed by atoms with van der Waals surface area (Å²) in [5.41, 5.74) is 0.504. The molecule has 0 aliphatic carbocycles. The number of carbonyl (C=O) groups excluding carboxylic acids is 1. The molecule has 0 atom stereocenters. The van der Waals surface area contributed by atoms with Crippen molar-refractivity contribution in [1.29, 1.82) is 0 Å². The highest BCUT2D eigenvalue weighted by atomic mass is 16.5. The molecule has 0 saturated carbocycles. The molecule has 2 rings (SSSR count). The maximum Gasteiger partial charge on any atom is 0.263 e. The molecule has 0 bridgehead atoms. The average Bonchev–Trinajstić information content (AvgIpc) is 2.16. The van der Waals surface area contributed by atoms with E-state index in [9.17, 15) is 4.79 Å². The Morgan fingerprint density at radius 3 is 3.23 bits per heavy atom. The van der Waals surface area contributed by atoms with Gasteiger partial charge in [-0.1, -0.05) is 0 Å². The molecule has 1 aliphatic rings. The fraction of sp³-hybridized carbons (Fsp3) is 0.250. The van der Waals surface area contributed by atoms with E-state index in [4.69, 9.17) is 9.84 Å². The zero-order valence-corrected chi connectivity index (χ0v) is 6.78. The largest absolute Gasteiger partial charge is 0.480 e. The Bertz CT molecular complexity index is 351. The summed E-state index contributed by atoms with van der Waals surface area (Å²) in [6, 6.07) is 3.32. The second-order valence-electron chi connectivity index (χ2n) is 2.64. The lowest BCUT2D eigenvalue weighted by atomic mass is 10.3. The molecule has 5 nitrogen and oxygen atoms in total. The average molecular weight is 180 g/mol. The van der Waals surface area contributed by atoms with Crippen LogP contribution >= 0.6 is 0 Å². The highest BCUT2D eigenvalue weighted by molar-refractivity contribution is 5.94. The number of aromatic nitrogens is 1. The maximum atomic E-state index is 10.9. The molecule has 1 aromatic heterocycles. The van der Waals surface area contributed by atoms with Gasteiger partial charge in [0, 0.05) is 0 Å². The number of anilines is 1. The van der Waals surface area contributed by atoms with Crippen molar-refractivity contribution >= 4 is 11.7 Å². The summed E-state index contributed by atoms with van der Waals surface area (Å²) in [7, 11) is 0. The Balaban J connectivity index is 2.38. The van der Waals surface area contributed by atoms with E-state index in [-0.39, 0.29) is 19.1 Å². The molecular formula is C8H8N2O3. The van der Waals surface area contributed by atoms with Gasteiger partial charge in [0.05, 0.1) is 12.3 Å². The third-order valence-electron chi connectivity index (χ3n) is 1.69. The molecule has 0 saturated heterocycles. The van der Waals surface area contributed by atoms with Crippen molar-refractivity contribution in [2.24, 2.45) is 0 Å². The molecule has 0 spiro atoms. The van der Waals surface area contributed by atoms with Gasteiger partial charge in [-0.15, -0.1) is 0 Å². The smallest absolute Gasteiger partial charge is 0.263 e. The van der Waals surface area contributed by atoms with Crippen molar-refractivity contribution in [1.82, 2.24) is 4.98 Å². The summed E-state index contributed by atoms with van der Waals surface area (Å²) in [6.45, 7) is -0.129. The Kier molecular flexibility index (Phi) is 1.86. The van der Waals surface area contributed by atoms with Crippen molar-refractivity contribution in [3.63, 3.8) is 0 Å². The molecule has 68 valence electrons. The molecule has 2 N–H and O–H groups in total. The van der Waals surface area contributed by atoms with Gasteiger partial charge in [-0.2, -0.15) is 0 Å². The molecule has 1 aromatic rings. The number of aliphatic hydroxyl groups excluding tert-OH is 1. The molecule has 0 aromatic carbocycles. The highest BCUT2D eigenvalue weighted by Crippen LogP contribution is 2.24. The Labute approximate surface area is 74.4 Å². The SMILES string of the molecule is O=C1COc2ccc(CO)nc2N1. The summed E-state index contributed by atoms with van der Waals surface area (Å²) in [4.78, 5) is 14.9. The van der Waals surface area contributed by atoms with Crippen molar-refractivity contribution < 1.29 is 14.6 Å². The van der Waals surface area contributed by atoms with Crippen LogP contribution in [0.2, 0.25) is 0 Å². The van der Waals surface area contributed by atoms with E-state index < -0.39 is 0 Å². The van der Waals surface area contributed by atoms with Crippen LogP contribution in [-0.2, 0) is 11.4 Å². The van der Waals surface area contributed by atoms with Gasteiger partial charge in [0.15, 0.2) is 18.2 Å². The molecule has 13 heavy (non-hydrogen) atoms. The van der Waals surface area contributed by atoms with Crippen LogP contribution in [0.1, 0.15) is 5.69 Å². The summed E-state index contributed by atoms with van der Waals surface area (Å²) >= 11 is 0. The van der Waals surface area contributed by atoms with Crippen molar-refractivity contribution in [2.45, 2.75) is 6.61 Å². The molecule has 0 radical (unpaired) electrons. The van der Waals surface area contributed by atoms with E-state index >= 15 is 0 Å². The lowest BCUT2D eigenvalue weighted by Gasteiger charge is -2.16. The fourth-order valence-electron chi connectivity index (χ4n) is 1.09. The van der Waals surface area contributed by atoms with Gasteiger partial charge < -0.3 is 15.2 Å². The predicted octanol–water partition coefficient (Wildman–Crippen LogP) is -0.0952. The van der Waals surface area contributed by atoms with Gasteiger partial charge in [-0.25, -0.2) is 4.98 Å². The highest BCUT2D eigenvalue weighted by Gasteiger charge is 2.16. The fourth-order valence-corrected chi connectivity index (χ4v) is 1.09. The van der Waals surface area contributed by atoms with Crippen LogP contribution in [0.15, 0.2) is 12.1 Å². The van der Waals surface area contributed by atoms with Crippen LogP contribution in [0.4, 0.5) is 5.82 Å². The Morgan fingerprint density at radius 1 is 1.62 bits per heavy atom. The lowest BCUT2D eigenvalue weighted by Crippen LogP contribution is -2.26. The van der Waals surface area contributed by atoms with Crippen LogP contribution < -0.4 is 10.1 Å². The summed E-state index contributed by atoms with van der Waals surface area (Å²) in [5, 5.41) is 11.3. The molecule has 5 heteroatoms. The zero-order chi connectivity index (χ0) is 9.26. The quantitative estimate of drug-likeness (QED) is 0.633. The van der Waals surface area contributed by atoms with E-state index in [0.717, 1.165) is 0 Å². The Morgan fingerprint density at radius 2 is 2.46 bits per heavy atom. The number of nitrogens with zero attached hydrogens (tertiary/aromatic N) is 1. The molecule has 0 unspecified atom stereocenters. The number of hydrogen-bond donors (Lipinski definition) is 2. The monoisotopic (exact) mass is 180 g/mol. The number of carbonyl (C=O) groups is 1.